The van der Waals surface area contributed by atoms with Gasteiger partial charge >= 0.3 is 0 Å². The fourth-order valence-electron chi connectivity index (χ4n) is 1.59. The van der Waals surface area contributed by atoms with E-state index in [4.69, 9.17) is 0 Å². The molecular weight excluding hydrogens is 200 g/mol. The molecular formula is C13H14N2O. The smallest absolute Gasteiger partial charge is 0.276 e. The van der Waals surface area contributed by atoms with Crippen LogP contribution in [0.1, 0.15) is 16.8 Å². The van der Waals surface area contributed by atoms with E-state index in [0.29, 0.717) is 5.69 Å². The van der Waals surface area contributed by atoms with Crippen LogP contribution in [0.25, 0.3) is 5.69 Å². The molecule has 16 heavy (non-hydrogen) atoms. The van der Waals surface area contributed by atoms with E-state index in [2.05, 4.69) is 11.9 Å². The maximum absolute atomic E-state index is 11.9. The number of hydrogen-bond donors (Lipinski definition) is 0. The highest BCUT2D eigenvalue weighted by atomic mass is 16.1. The Morgan fingerprint density at radius 2 is 1.88 bits per heavy atom. The summed E-state index contributed by atoms with van der Waals surface area (Å²) in [5.74, 6) is 0. The lowest BCUT2D eigenvalue weighted by Crippen LogP contribution is -2.21. The molecule has 1 aromatic heterocycles. The van der Waals surface area contributed by atoms with Crippen LogP contribution >= 0.6 is 0 Å². The average molecular weight is 214 g/mol. The third-order valence-electron chi connectivity index (χ3n) is 2.78. The van der Waals surface area contributed by atoms with Crippen LogP contribution in [0.4, 0.5) is 0 Å². The van der Waals surface area contributed by atoms with Crippen molar-refractivity contribution in [3.05, 3.63) is 57.8 Å². The molecule has 0 amide bonds. The summed E-state index contributed by atoms with van der Waals surface area (Å²) in [6.07, 6.45) is 3.34. The molecule has 82 valence electrons. The van der Waals surface area contributed by atoms with Gasteiger partial charge in [0.25, 0.3) is 5.56 Å². The first-order chi connectivity index (χ1) is 7.59. The van der Waals surface area contributed by atoms with Crippen LogP contribution in [0, 0.1) is 20.8 Å². The quantitative estimate of drug-likeness (QED) is 0.729. The summed E-state index contributed by atoms with van der Waals surface area (Å²) in [4.78, 5) is 15.8. The monoisotopic (exact) mass is 214 g/mol. The lowest BCUT2D eigenvalue weighted by atomic mass is 10.1. The minimum absolute atomic E-state index is 0.0641. The number of aromatic nitrogens is 2. The maximum atomic E-state index is 11.9. The summed E-state index contributed by atoms with van der Waals surface area (Å²) in [6, 6.07) is 5.98. The molecule has 0 N–H and O–H groups in total. The number of hydrogen-bond acceptors (Lipinski definition) is 2. The van der Waals surface area contributed by atoms with Gasteiger partial charge in [-0.1, -0.05) is 6.07 Å². The summed E-state index contributed by atoms with van der Waals surface area (Å²) < 4.78 is 1.62. The van der Waals surface area contributed by atoms with Gasteiger partial charge in [-0.2, -0.15) is 0 Å². The van der Waals surface area contributed by atoms with E-state index in [1.165, 1.54) is 11.1 Å². The van der Waals surface area contributed by atoms with Gasteiger partial charge < -0.3 is 0 Å². The molecule has 0 radical (unpaired) electrons. The van der Waals surface area contributed by atoms with Crippen molar-refractivity contribution < 1.29 is 0 Å². The third-order valence-corrected chi connectivity index (χ3v) is 2.78. The number of aryl methyl sites for hydroxylation is 3. The van der Waals surface area contributed by atoms with Crippen molar-refractivity contribution in [1.82, 2.24) is 9.55 Å². The predicted molar refractivity (Wildman–Crippen MR) is 64.0 cm³/mol. The Labute approximate surface area is 94.4 Å². The van der Waals surface area contributed by atoms with Crippen LogP contribution < -0.4 is 5.56 Å². The zero-order valence-electron chi connectivity index (χ0n) is 9.69. The van der Waals surface area contributed by atoms with E-state index < -0.39 is 0 Å². The summed E-state index contributed by atoms with van der Waals surface area (Å²) in [7, 11) is 0. The second-order valence-electron chi connectivity index (χ2n) is 3.96. The van der Waals surface area contributed by atoms with Crippen molar-refractivity contribution in [3.8, 4) is 5.69 Å². The molecule has 0 spiro atoms. The summed E-state index contributed by atoms with van der Waals surface area (Å²) in [5, 5.41) is 0. The summed E-state index contributed by atoms with van der Waals surface area (Å²) in [5.41, 5.74) is 3.74. The molecule has 0 saturated heterocycles. The largest absolute Gasteiger partial charge is 0.281 e. The molecule has 0 aliphatic heterocycles. The molecule has 0 saturated carbocycles. The van der Waals surface area contributed by atoms with Crippen LogP contribution in [-0.4, -0.2) is 9.55 Å². The highest BCUT2D eigenvalue weighted by Crippen LogP contribution is 2.12. The van der Waals surface area contributed by atoms with Gasteiger partial charge in [-0.05, 0) is 44.0 Å². The van der Waals surface area contributed by atoms with E-state index >= 15 is 0 Å². The first-order valence-electron chi connectivity index (χ1n) is 5.21. The predicted octanol–water partition coefficient (Wildman–Crippen LogP) is 2.16. The fraction of sp³-hybridized carbons (Fsp3) is 0.231. The van der Waals surface area contributed by atoms with Crippen molar-refractivity contribution in [2.24, 2.45) is 0 Å². The number of benzene rings is 1. The normalized spacial score (nSPS) is 10.4. The zero-order chi connectivity index (χ0) is 11.7. The first-order valence-corrected chi connectivity index (χ1v) is 5.21. The Morgan fingerprint density at radius 3 is 2.56 bits per heavy atom. The van der Waals surface area contributed by atoms with E-state index in [9.17, 15) is 4.79 Å². The molecule has 1 heterocycles. The van der Waals surface area contributed by atoms with Gasteiger partial charge in [0.2, 0.25) is 0 Å². The van der Waals surface area contributed by atoms with Gasteiger partial charge in [-0.3, -0.25) is 14.3 Å². The van der Waals surface area contributed by atoms with Crippen molar-refractivity contribution in [2.75, 3.05) is 0 Å². The molecule has 0 fully saturated rings. The van der Waals surface area contributed by atoms with E-state index in [0.717, 1.165) is 5.69 Å². The van der Waals surface area contributed by atoms with Gasteiger partial charge in [0.05, 0.1) is 0 Å². The number of rotatable bonds is 1. The third kappa shape index (κ3) is 1.76. The molecule has 0 bridgehead atoms. The van der Waals surface area contributed by atoms with Crippen LogP contribution in [0.3, 0.4) is 0 Å². The second kappa shape index (κ2) is 3.93. The van der Waals surface area contributed by atoms with E-state index in [1.807, 2.05) is 25.1 Å². The van der Waals surface area contributed by atoms with Gasteiger partial charge in [0.1, 0.15) is 5.69 Å². The molecule has 3 heteroatoms. The Bertz CT molecular complexity index is 585. The molecule has 2 aromatic rings. The van der Waals surface area contributed by atoms with Crippen LogP contribution in [0.2, 0.25) is 0 Å². The standard InChI is InChI=1S/C13H14N2O/c1-9-4-5-12(8-10(9)2)15-7-6-14-11(3)13(15)16/h4-8H,1-3H3. The Hall–Kier alpha value is -1.90. The van der Waals surface area contributed by atoms with Crippen LogP contribution in [-0.2, 0) is 0 Å². The van der Waals surface area contributed by atoms with Gasteiger partial charge in [0.15, 0.2) is 0 Å². The van der Waals surface area contributed by atoms with E-state index in [-0.39, 0.29) is 5.56 Å². The van der Waals surface area contributed by atoms with Crippen molar-refractivity contribution in [3.63, 3.8) is 0 Å². The van der Waals surface area contributed by atoms with Crippen molar-refractivity contribution in [1.29, 1.82) is 0 Å². The van der Waals surface area contributed by atoms with Crippen molar-refractivity contribution in [2.45, 2.75) is 20.8 Å². The molecule has 3 nitrogen and oxygen atoms in total. The molecule has 1 aromatic carbocycles. The lowest BCUT2D eigenvalue weighted by Gasteiger charge is -2.08. The van der Waals surface area contributed by atoms with Gasteiger partial charge in [-0.15, -0.1) is 0 Å². The maximum Gasteiger partial charge on any atom is 0.276 e. The molecule has 0 unspecified atom stereocenters. The topological polar surface area (TPSA) is 34.9 Å². The molecule has 0 aliphatic carbocycles. The highest BCUT2D eigenvalue weighted by Gasteiger charge is 2.03. The lowest BCUT2D eigenvalue weighted by molar-refractivity contribution is 0.921. The number of nitrogens with zero attached hydrogens (tertiary/aromatic N) is 2. The average Bonchev–Trinajstić information content (AvgIpc) is 2.26. The molecule has 0 atom stereocenters. The SMILES string of the molecule is Cc1ccc(-n2ccnc(C)c2=O)cc1C. The Kier molecular flexibility index (Phi) is 2.60. The fourth-order valence-corrected chi connectivity index (χ4v) is 1.59. The highest BCUT2D eigenvalue weighted by molar-refractivity contribution is 5.39. The minimum atomic E-state index is -0.0641. The minimum Gasteiger partial charge on any atom is -0.281 e. The Morgan fingerprint density at radius 1 is 1.12 bits per heavy atom. The van der Waals surface area contributed by atoms with E-state index in [1.54, 1.807) is 23.9 Å². The first kappa shape index (κ1) is 10.6. The summed E-state index contributed by atoms with van der Waals surface area (Å²) >= 11 is 0. The van der Waals surface area contributed by atoms with Gasteiger partial charge in [0, 0.05) is 18.1 Å². The van der Waals surface area contributed by atoms with Crippen molar-refractivity contribution >= 4 is 0 Å². The van der Waals surface area contributed by atoms with Crippen LogP contribution in [0.15, 0.2) is 35.4 Å². The van der Waals surface area contributed by atoms with Crippen LogP contribution in [0.5, 0.6) is 0 Å². The molecule has 0 aliphatic rings. The Balaban J connectivity index is 2.64. The van der Waals surface area contributed by atoms with Gasteiger partial charge in [-0.25, -0.2) is 0 Å². The zero-order valence-corrected chi connectivity index (χ0v) is 9.69. The molecule has 2 rings (SSSR count). The summed E-state index contributed by atoms with van der Waals surface area (Å²) in [6.45, 7) is 5.82. The second-order valence-corrected chi connectivity index (χ2v) is 3.96.